The lowest BCUT2D eigenvalue weighted by atomic mass is 10.1. The number of hydrogen-bond donors (Lipinski definition) is 0. The molecule has 1 aromatic carbocycles. The van der Waals surface area contributed by atoms with Crippen molar-refractivity contribution in [3.8, 4) is 0 Å². The van der Waals surface area contributed by atoms with Crippen molar-refractivity contribution in [1.29, 1.82) is 0 Å². The molecule has 4 heteroatoms. The van der Waals surface area contributed by atoms with Gasteiger partial charge < -0.3 is 4.57 Å². The maximum Gasteiger partial charge on any atom is 0.0946 e. The summed E-state index contributed by atoms with van der Waals surface area (Å²) in [6.07, 6.45) is 9.65. The van der Waals surface area contributed by atoms with Gasteiger partial charge in [-0.2, -0.15) is 0 Å². The maximum atomic E-state index is 4.21. The second-order valence-corrected chi connectivity index (χ2v) is 9.28. The van der Waals surface area contributed by atoms with Crippen molar-refractivity contribution in [3.05, 3.63) is 54.6 Å². The average molecular weight is 333 g/mol. The van der Waals surface area contributed by atoms with Crippen molar-refractivity contribution in [1.82, 2.24) is 9.55 Å². The normalized spacial score (nSPS) is 25.2. The minimum Gasteiger partial charge on any atom is -0.335 e. The van der Waals surface area contributed by atoms with E-state index in [0.717, 1.165) is 12.5 Å². The van der Waals surface area contributed by atoms with Gasteiger partial charge in [-0.3, -0.25) is 0 Å². The van der Waals surface area contributed by atoms with Crippen molar-refractivity contribution in [2.45, 2.75) is 36.8 Å². The number of hydrogen-bond acceptors (Lipinski definition) is 3. The van der Waals surface area contributed by atoms with Crippen LogP contribution >= 0.6 is 23.5 Å². The molecule has 1 aliphatic rings. The van der Waals surface area contributed by atoms with Crippen LogP contribution in [-0.4, -0.2) is 25.1 Å². The molecule has 0 N–H and O–H groups in total. The highest BCUT2D eigenvalue weighted by Gasteiger charge is 2.35. The van der Waals surface area contributed by atoms with Crippen LogP contribution in [0.4, 0.5) is 0 Å². The molecule has 2 heterocycles. The van der Waals surface area contributed by atoms with Crippen LogP contribution in [0.15, 0.2) is 49.1 Å². The number of benzene rings is 1. The van der Waals surface area contributed by atoms with Crippen molar-refractivity contribution in [2.75, 3.05) is 11.5 Å². The molecule has 0 saturated carbocycles. The minimum absolute atomic E-state index is 0.321. The van der Waals surface area contributed by atoms with E-state index in [0.29, 0.717) is 4.08 Å². The van der Waals surface area contributed by atoms with Crippen molar-refractivity contribution in [2.24, 2.45) is 5.92 Å². The summed E-state index contributed by atoms with van der Waals surface area (Å²) in [5.41, 5.74) is 1.46. The molecule has 1 saturated heterocycles. The summed E-state index contributed by atoms with van der Waals surface area (Å²) in [4.78, 5) is 4.21. The molecule has 1 fully saturated rings. The first-order valence-electron chi connectivity index (χ1n) is 8.03. The van der Waals surface area contributed by atoms with E-state index in [2.05, 4.69) is 76.5 Å². The van der Waals surface area contributed by atoms with Crippen molar-refractivity contribution >= 4 is 23.5 Å². The fraction of sp³-hybridized carbons (Fsp3) is 0.500. The Morgan fingerprint density at radius 3 is 2.68 bits per heavy atom. The second-order valence-electron chi connectivity index (χ2n) is 6.21. The summed E-state index contributed by atoms with van der Waals surface area (Å²) in [5.74, 6) is 3.40. The zero-order valence-electron chi connectivity index (χ0n) is 13.1. The van der Waals surface area contributed by atoms with Gasteiger partial charge in [0.1, 0.15) is 0 Å². The average Bonchev–Trinajstić information content (AvgIpc) is 3.04. The van der Waals surface area contributed by atoms with Crippen LogP contribution in [0, 0.1) is 5.92 Å². The molecule has 0 atom stereocenters. The molecular formula is C18H24N2S2. The Morgan fingerprint density at radius 2 is 2.00 bits per heavy atom. The van der Waals surface area contributed by atoms with Crippen LogP contribution in [0.3, 0.4) is 0 Å². The molecule has 2 nitrogen and oxygen atoms in total. The van der Waals surface area contributed by atoms with Gasteiger partial charge >= 0.3 is 0 Å². The lowest BCUT2D eigenvalue weighted by Crippen LogP contribution is -2.33. The first-order valence-corrected chi connectivity index (χ1v) is 10.0. The van der Waals surface area contributed by atoms with E-state index < -0.39 is 0 Å². The van der Waals surface area contributed by atoms with Crippen LogP contribution in [0.2, 0.25) is 0 Å². The number of rotatable bonds is 6. The maximum absolute atomic E-state index is 4.21. The van der Waals surface area contributed by atoms with Gasteiger partial charge in [-0.25, -0.2) is 4.98 Å². The lowest BCUT2D eigenvalue weighted by molar-refractivity contribution is 0.559. The predicted molar refractivity (Wildman–Crippen MR) is 98.4 cm³/mol. The zero-order chi connectivity index (χ0) is 15.3. The number of imidazole rings is 1. The lowest BCUT2D eigenvalue weighted by Gasteiger charge is -2.38. The highest BCUT2D eigenvalue weighted by Crippen LogP contribution is 2.48. The van der Waals surface area contributed by atoms with Crippen LogP contribution in [-0.2, 0) is 13.0 Å². The summed E-state index contributed by atoms with van der Waals surface area (Å²) in [6.45, 7) is 3.44. The van der Waals surface area contributed by atoms with Gasteiger partial charge in [0.15, 0.2) is 0 Å². The molecule has 22 heavy (non-hydrogen) atoms. The summed E-state index contributed by atoms with van der Waals surface area (Å²) in [7, 11) is 0. The Morgan fingerprint density at radius 1 is 1.23 bits per heavy atom. The van der Waals surface area contributed by atoms with E-state index in [1.54, 1.807) is 0 Å². The van der Waals surface area contributed by atoms with Crippen molar-refractivity contribution < 1.29 is 0 Å². The molecular weight excluding hydrogens is 308 g/mol. The van der Waals surface area contributed by atoms with Gasteiger partial charge in [-0.05, 0) is 42.2 Å². The molecule has 0 spiro atoms. The van der Waals surface area contributed by atoms with Crippen molar-refractivity contribution in [3.63, 3.8) is 0 Å². The summed E-state index contributed by atoms with van der Waals surface area (Å²) in [6, 6.07) is 10.9. The van der Waals surface area contributed by atoms with Gasteiger partial charge in [-0.1, -0.05) is 37.3 Å². The highest BCUT2D eigenvalue weighted by atomic mass is 32.2. The summed E-state index contributed by atoms with van der Waals surface area (Å²) in [5, 5.41) is 0. The van der Waals surface area contributed by atoms with Gasteiger partial charge in [0.05, 0.1) is 10.4 Å². The third-order valence-corrected chi connectivity index (χ3v) is 8.01. The molecule has 0 bridgehead atoms. The van der Waals surface area contributed by atoms with Gasteiger partial charge in [0.2, 0.25) is 0 Å². The quantitative estimate of drug-likeness (QED) is 0.762. The van der Waals surface area contributed by atoms with Crippen LogP contribution in [0.5, 0.6) is 0 Å². The standard InChI is InChI=1S/C18H24N2S2/c1-16-12-21-18(22-13-16,14-20-11-10-19-15-20)9-5-8-17-6-3-2-4-7-17/h2-4,6-7,10-11,15-16H,5,8-9,12-14H2,1H3. The van der Waals surface area contributed by atoms with E-state index >= 15 is 0 Å². The highest BCUT2D eigenvalue weighted by molar-refractivity contribution is 8.18. The molecule has 0 aliphatic carbocycles. The summed E-state index contributed by atoms with van der Waals surface area (Å²) >= 11 is 4.33. The van der Waals surface area contributed by atoms with Gasteiger partial charge in [0, 0.05) is 18.9 Å². The van der Waals surface area contributed by atoms with E-state index in [1.165, 1.54) is 36.3 Å². The largest absolute Gasteiger partial charge is 0.335 e. The molecule has 1 aliphatic heterocycles. The van der Waals surface area contributed by atoms with Gasteiger partial charge in [-0.15, -0.1) is 23.5 Å². The zero-order valence-corrected chi connectivity index (χ0v) is 14.8. The Bertz CT molecular complexity index is 546. The first-order chi connectivity index (χ1) is 10.8. The molecule has 1 aromatic heterocycles. The third-order valence-electron chi connectivity index (χ3n) is 4.11. The van der Waals surface area contributed by atoms with E-state index in [4.69, 9.17) is 0 Å². The smallest absolute Gasteiger partial charge is 0.0946 e. The third kappa shape index (κ3) is 4.32. The number of nitrogens with zero attached hydrogens (tertiary/aromatic N) is 2. The number of aryl methyl sites for hydroxylation is 1. The Labute approximate surface area is 142 Å². The minimum atomic E-state index is 0.321. The fourth-order valence-electron chi connectivity index (χ4n) is 2.86. The number of aromatic nitrogens is 2. The van der Waals surface area contributed by atoms with Crippen LogP contribution in [0.25, 0.3) is 0 Å². The predicted octanol–water partition coefficient (Wildman–Crippen LogP) is 4.72. The first kappa shape index (κ1) is 16.0. The molecule has 2 aromatic rings. The molecule has 3 rings (SSSR count). The second kappa shape index (κ2) is 7.60. The number of thioether (sulfide) groups is 2. The van der Waals surface area contributed by atoms with E-state index in [1.807, 2.05) is 12.5 Å². The van der Waals surface area contributed by atoms with E-state index in [-0.39, 0.29) is 0 Å². The topological polar surface area (TPSA) is 17.8 Å². The molecule has 0 amide bonds. The Balaban J connectivity index is 1.61. The van der Waals surface area contributed by atoms with Crippen LogP contribution in [0.1, 0.15) is 25.3 Å². The Kier molecular flexibility index (Phi) is 5.53. The SMILES string of the molecule is CC1CSC(CCCc2ccccc2)(Cn2ccnc2)SC1. The van der Waals surface area contributed by atoms with Crippen LogP contribution < -0.4 is 0 Å². The monoisotopic (exact) mass is 332 g/mol. The fourth-order valence-corrected chi connectivity index (χ4v) is 6.22. The molecule has 0 unspecified atom stereocenters. The molecule has 118 valence electrons. The van der Waals surface area contributed by atoms with E-state index in [9.17, 15) is 0 Å². The molecule has 0 radical (unpaired) electrons. The van der Waals surface area contributed by atoms with Gasteiger partial charge in [0.25, 0.3) is 0 Å². The Hall–Kier alpha value is -0.870. The summed E-state index contributed by atoms with van der Waals surface area (Å²) < 4.78 is 2.57.